The van der Waals surface area contributed by atoms with Gasteiger partial charge >= 0.3 is 0 Å². The summed E-state index contributed by atoms with van der Waals surface area (Å²) < 4.78 is 5.42. The number of hydrogen-bond acceptors (Lipinski definition) is 3. The van der Waals surface area contributed by atoms with Crippen molar-refractivity contribution < 1.29 is 9.53 Å². The van der Waals surface area contributed by atoms with Crippen LogP contribution in [0.1, 0.15) is 20.8 Å². The summed E-state index contributed by atoms with van der Waals surface area (Å²) in [6.07, 6.45) is 0. The molecule has 0 aromatic carbocycles. The van der Waals surface area contributed by atoms with Gasteiger partial charge in [0, 0.05) is 13.1 Å². The van der Waals surface area contributed by atoms with Crippen molar-refractivity contribution >= 4 is 5.91 Å². The van der Waals surface area contributed by atoms with E-state index in [0.29, 0.717) is 19.0 Å². The predicted octanol–water partition coefficient (Wildman–Crippen LogP) is 0.219. The lowest BCUT2D eigenvalue weighted by molar-refractivity contribution is -0.160. The van der Waals surface area contributed by atoms with Gasteiger partial charge in [-0.1, -0.05) is 13.8 Å². The monoisotopic (exact) mass is 200 g/mol. The molecule has 1 amide bonds. The molecule has 1 rings (SSSR count). The highest BCUT2D eigenvalue weighted by Gasteiger charge is 2.34. The number of amides is 1. The first-order chi connectivity index (χ1) is 6.47. The summed E-state index contributed by atoms with van der Waals surface area (Å²) in [7, 11) is 0. The van der Waals surface area contributed by atoms with Gasteiger partial charge in [0.15, 0.2) is 0 Å². The van der Waals surface area contributed by atoms with Crippen LogP contribution in [-0.4, -0.2) is 42.6 Å². The van der Waals surface area contributed by atoms with Crippen molar-refractivity contribution in [1.82, 2.24) is 4.90 Å². The van der Waals surface area contributed by atoms with Crippen LogP contribution in [0, 0.1) is 5.92 Å². The number of morpholine rings is 1. The van der Waals surface area contributed by atoms with Gasteiger partial charge in [-0.05, 0) is 12.8 Å². The molecule has 0 bridgehead atoms. The summed E-state index contributed by atoms with van der Waals surface area (Å²) in [5.74, 6) is 0.559. The molecule has 1 aliphatic rings. The average molecular weight is 200 g/mol. The molecular weight excluding hydrogens is 180 g/mol. The summed E-state index contributed by atoms with van der Waals surface area (Å²) in [4.78, 5) is 13.3. The summed E-state index contributed by atoms with van der Waals surface area (Å²) in [6, 6.07) is 0. The van der Waals surface area contributed by atoms with Gasteiger partial charge in [-0.3, -0.25) is 4.79 Å². The quantitative estimate of drug-likeness (QED) is 0.709. The molecule has 0 aromatic heterocycles. The number of hydrogen-bond donors (Lipinski definition) is 1. The third-order valence-corrected chi connectivity index (χ3v) is 2.44. The van der Waals surface area contributed by atoms with Crippen LogP contribution in [0.3, 0.4) is 0 Å². The molecule has 1 saturated heterocycles. The molecule has 1 atom stereocenters. The lowest BCUT2D eigenvalue weighted by Crippen LogP contribution is -2.57. The number of carbonyl (C=O) groups excluding carboxylic acids is 1. The Kier molecular flexibility index (Phi) is 3.50. The second-order valence-corrected chi connectivity index (χ2v) is 4.61. The fourth-order valence-electron chi connectivity index (χ4n) is 1.60. The van der Waals surface area contributed by atoms with Crippen molar-refractivity contribution in [2.75, 3.05) is 26.2 Å². The van der Waals surface area contributed by atoms with Crippen LogP contribution >= 0.6 is 0 Å². The van der Waals surface area contributed by atoms with Gasteiger partial charge in [0.1, 0.15) is 6.61 Å². The van der Waals surface area contributed by atoms with Crippen LogP contribution in [0.15, 0.2) is 0 Å². The van der Waals surface area contributed by atoms with E-state index in [1.165, 1.54) is 0 Å². The maximum absolute atomic E-state index is 11.5. The maximum Gasteiger partial charge on any atom is 0.248 e. The first kappa shape index (κ1) is 11.5. The molecule has 2 N–H and O–H groups in total. The second kappa shape index (κ2) is 4.28. The van der Waals surface area contributed by atoms with Gasteiger partial charge in [0.25, 0.3) is 0 Å². The van der Waals surface area contributed by atoms with E-state index in [1.807, 2.05) is 11.8 Å². The zero-order chi connectivity index (χ0) is 10.8. The largest absolute Gasteiger partial charge is 0.362 e. The van der Waals surface area contributed by atoms with Crippen LogP contribution < -0.4 is 5.73 Å². The lowest BCUT2D eigenvalue weighted by atomic mass is 10.0. The summed E-state index contributed by atoms with van der Waals surface area (Å²) in [5.41, 5.74) is 5.25. The second-order valence-electron chi connectivity index (χ2n) is 4.61. The number of carbonyl (C=O) groups is 1. The van der Waals surface area contributed by atoms with E-state index in [1.54, 1.807) is 0 Å². The Balaban J connectivity index is 2.59. The smallest absolute Gasteiger partial charge is 0.248 e. The topological polar surface area (TPSA) is 55.6 Å². The molecule has 82 valence electrons. The lowest BCUT2D eigenvalue weighted by Gasteiger charge is -2.40. The number of rotatable bonds is 3. The number of nitrogens with zero attached hydrogens (tertiary/aromatic N) is 1. The average Bonchev–Trinajstić information content (AvgIpc) is 2.11. The Hall–Kier alpha value is -0.610. The van der Waals surface area contributed by atoms with Crippen LogP contribution in [0.5, 0.6) is 0 Å². The summed E-state index contributed by atoms with van der Waals surface area (Å²) in [6.45, 7) is 8.17. The summed E-state index contributed by atoms with van der Waals surface area (Å²) >= 11 is 0. The zero-order valence-electron chi connectivity index (χ0n) is 9.25. The molecule has 0 spiro atoms. The minimum atomic E-state index is -0.358. The minimum absolute atomic E-state index is 0.0737. The molecule has 1 unspecified atom stereocenters. The SMILES string of the molecule is CC(C)CN1CC(C)(CN)OCC1=O. The predicted molar refractivity (Wildman–Crippen MR) is 54.8 cm³/mol. The Bertz CT molecular complexity index is 218. The molecule has 4 heteroatoms. The Labute approximate surface area is 85.4 Å². The van der Waals surface area contributed by atoms with Gasteiger partial charge in [0.2, 0.25) is 5.91 Å². The molecule has 0 radical (unpaired) electrons. The summed E-state index contributed by atoms with van der Waals surface area (Å²) in [5, 5.41) is 0. The van der Waals surface area contributed by atoms with Crippen LogP contribution in [0.2, 0.25) is 0 Å². The van der Waals surface area contributed by atoms with Crippen molar-refractivity contribution in [3.05, 3.63) is 0 Å². The Morgan fingerprint density at radius 2 is 2.29 bits per heavy atom. The van der Waals surface area contributed by atoms with Gasteiger partial charge in [-0.2, -0.15) is 0 Å². The number of nitrogens with two attached hydrogens (primary N) is 1. The van der Waals surface area contributed by atoms with Crippen LogP contribution in [-0.2, 0) is 9.53 Å². The van der Waals surface area contributed by atoms with Crippen molar-refractivity contribution in [3.8, 4) is 0 Å². The van der Waals surface area contributed by atoms with E-state index in [2.05, 4.69) is 13.8 Å². The standard InChI is InChI=1S/C10H20N2O2/c1-8(2)4-12-7-10(3,6-11)14-5-9(12)13/h8H,4-7,11H2,1-3H3. The van der Waals surface area contributed by atoms with E-state index in [-0.39, 0.29) is 18.1 Å². The van der Waals surface area contributed by atoms with E-state index < -0.39 is 0 Å². The van der Waals surface area contributed by atoms with Crippen LogP contribution in [0.4, 0.5) is 0 Å². The van der Waals surface area contributed by atoms with E-state index in [4.69, 9.17) is 10.5 Å². The number of ether oxygens (including phenoxy) is 1. The van der Waals surface area contributed by atoms with E-state index in [9.17, 15) is 4.79 Å². The van der Waals surface area contributed by atoms with Crippen LogP contribution in [0.25, 0.3) is 0 Å². The molecule has 1 fully saturated rings. The first-order valence-corrected chi connectivity index (χ1v) is 5.08. The minimum Gasteiger partial charge on any atom is -0.362 e. The highest BCUT2D eigenvalue weighted by atomic mass is 16.5. The Morgan fingerprint density at radius 3 is 2.79 bits per heavy atom. The van der Waals surface area contributed by atoms with Crippen molar-refractivity contribution in [1.29, 1.82) is 0 Å². The molecule has 1 heterocycles. The fourth-order valence-corrected chi connectivity index (χ4v) is 1.60. The highest BCUT2D eigenvalue weighted by Crippen LogP contribution is 2.17. The molecule has 0 saturated carbocycles. The normalized spacial score (nSPS) is 28.6. The molecule has 0 aromatic rings. The van der Waals surface area contributed by atoms with Gasteiger partial charge in [0.05, 0.1) is 12.1 Å². The van der Waals surface area contributed by atoms with Gasteiger partial charge in [-0.15, -0.1) is 0 Å². The van der Waals surface area contributed by atoms with Crippen molar-refractivity contribution in [3.63, 3.8) is 0 Å². The van der Waals surface area contributed by atoms with E-state index in [0.717, 1.165) is 6.54 Å². The zero-order valence-corrected chi connectivity index (χ0v) is 9.25. The van der Waals surface area contributed by atoms with Crippen molar-refractivity contribution in [2.45, 2.75) is 26.4 Å². The molecule has 14 heavy (non-hydrogen) atoms. The van der Waals surface area contributed by atoms with Gasteiger partial charge in [-0.25, -0.2) is 0 Å². The first-order valence-electron chi connectivity index (χ1n) is 5.08. The maximum atomic E-state index is 11.5. The third-order valence-electron chi connectivity index (χ3n) is 2.44. The fraction of sp³-hybridized carbons (Fsp3) is 0.900. The molecule has 4 nitrogen and oxygen atoms in total. The molecule has 1 aliphatic heterocycles. The molecular formula is C10H20N2O2. The van der Waals surface area contributed by atoms with Gasteiger partial charge < -0.3 is 15.4 Å². The highest BCUT2D eigenvalue weighted by molar-refractivity contribution is 5.78. The van der Waals surface area contributed by atoms with Crippen molar-refractivity contribution in [2.24, 2.45) is 11.7 Å². The third kappa shape index (κ3) is 2.69. The van der Waals surface area contributed by atoms with E-state index >= 15 is 0 Å². The molecule has 0 aliphatic carbocycles. The Morgan fingerprint density at radius 1 is 1.64 bits per heavy atom.